The second-order valence-electron chi connectivity index (χ2n) is 6.41. The summed E-state index contributed by atoms with van der Waals surface area (Å²) in [6, 6.07) is 16.5. The molecule has 0 saturated carbocycles. The number of pyridine rings is 1. The van der Waals surface area contributed by atoms with E-state index in [0.29, 0.717) is 27.0 Å². The van der Waals surface area contributed by atoms with Crippen molar-refractivity contribution in [3.8, 4) is 0 Å². The van der Waals surface area contributed by atoms with Crippen LogP contribution in [0.25, 0.3) is 17.0 Å². The molecule has 0 atom stereocenters. The molecule has 144 valence electrons. The van der Waals surface area contributed by atoms with Crippen molar-refractivity contribution >= 4 is 62.8 Å². The lowest BCUT2D eigenvalue weighted by atomic mass is 10.1. The van der Waals surface area contributed by atoms with Gasteiger partial charge in [0, 0.05) is 29.4 Å². The minimum Gasteiger partial charge on any atom is -0.322 e. The van der Waals surface area contributed by atoms with Crippen molar-refractivity contribution in [1.82, 2.24) is 9.88 Å². The number of carbonyl (C=O) groups is 2. The zero-order valence-electron chi connectivity index (χ0n) is 15.6. The highest BCUT2D eigenvalue weighted by Gasteiger charge is 2.30. The first-order chi connectivity index (χ1) is 14.0. The van der Waals surface area contributed by atoms with Crippen molar-refractivity contribution in [1.29, 1.82) is 0 Å². The molecule has 2 heterocycles. The Morgan fingerprint density at radius 1 is 1.21 bits per heavy atom. The van der Waals surface area contributed by atoms with Crippen molar-refractivity contribution in [2.24, 2.45) is 0 Å². The number of likely N-dealkylation sites (N-methyl/N-ethyl adjacent to an activating group) is 1. The van der Waals surface area contributed by atoms with Crippen molar-refractivity contribution < 1.29 is 9.59 Å². The van der Waals surface area contributed by atoms with Crippen LogP contribution in [0.3, 0.4) is 0 Å². The zero-order valence-corrected chi connectivity index (χ0v) is 17.2. The van der Waals surface area contributed by atoms with Gasteiger partial charge in [0.05, 0.1) is 10.4 Å². The lowest BCUT2D eigenvalue weighted by Crippen LogP contribution is -2.27. The van der Waals surface area contributed by atoms with E-state index in [-0.39, 0.29) is 11.8 Å². The minimum absolute atomic E-state index is 0.0642. The fourth-order valence-electron chi connectivity index (χ4n) is 3.01. The minimum atomic E-state index is -0.188. The number of nitrogens with one attached hydrogen (secondary N) is 1. The molecule has 1 aromatic heterocycles. The van der Waals surface area contributed by atoms with Crippen LogP contribution in [-0.4, -0.2) is 32.6 Å². The number of thioether (sulfide) groups is 1. The first kappa shape index (κ1) is 19.3. The molecule has 7 heteroatoms. The molecule has 2 amide bonds. The van der Waals surface area contributed by atoms with E-state index in [2.05, 4.69) is 10.3 Å². The van der Waals surface area contributed by atoms with Crippen LogP contribution >= 0.6 is 24.0 Å². The lowest BCUT2D eigenvalue weighted by Gasteiger charge is -2.09. The Balaban J connectivity index is 1.48. The van der Waals surface area contributed by atoms with Crippen LogP contribution in [0.1, 0.15) is 22.8 Å². The molecule has 4 rings (SSSR count). The number of thiocarbonyl (C=S) groups is 1. The predicted octanol–water partition coefficient (Wildman–Crippen LogP) is 4.71. The number of nitrogens with zero attached hydrogens (tertiary/aromatic N) is 2. The van der Waals surface area contributed by atoms with E-state index >= 15 is 0 Å². The van der Waals surface area contributed by atoms with Crippen LogP contribution in [0.2, 0.25) is 0 Å². The molecule has 2 aromatic carbocycles. The average Bonchev–Trinajstić information content (AvgIpc) is 3.01. The maximum absolute atomic E-state index is 12.6. The molecule has 3 aromatic rings. The van der Waals surface area contributed by atoms with Crippen molar-refractivity contribution in [3.63, 3.8) is 0 Å². The van der Waals surface area contributed by atoms with Gasteiger partial charge in [-0.25, -0.2) is 0 Å². The van der Waals surface area contributed by atoms with Gasteiger partial charge in [-0.3, -0.25) is 19.5 Å². The average molecular weight is 420 g/mol. The van der Waals surface area contributed by atoms with Crippen LogP contribution < -0.4 is 5.32 Å². The summed E-state index contributed by atoms with van der Waals surface area (Å²) in [5.41, 5.74) is 2.97. The molecule has 1 fully saturated rings. The topological polar surface area (TPSA) is 62.3 Å². The fraction of sp³-hybridized carbons (Fsp3) is 0.0909. The van der Waals surface area contributed by atoms with Crippen LogP contribution in [-0.2, 0) is 4.79 Å². The number of amides is 2. The smallest absolute Gasteiger partial charge is 0.266 e. The Morgan fingerprint density at radius 3 is 2.72 bits per heavy atom. The largest absolute Gasteiger partial charge is 0.322 e. The van der Waals surface area contributed by atoms with E-state index in [1.807, 2.05) is 61.5 Å². The van der Waals surface area contributed by atoms with Gasteiger partial charge in [-0.15, -0.1) is 0 Å². The maximum Gasteiger partial charge on any atom is 0.266 e. The van der Waals surface area contributed by atoms with Crippen LogP contribution in [0.5, 0.6) is 0 Å². The maximum atomic E-state index is 12.6. The number of benzene rings is 2. The summed E-state index contributed by atoms with van der Waals surface area (Å²) in [5, 5.41) is 3.81. The number of anilines is 1. The highest BCUT2D eigenvalue weighted by Crippen LogP contribution is 2.32. The third-order valence-electron chi connectivity index (χ3n) is 4.52. The van der Waals surface area contributed by atoms with Gasteiger partial charge in [0.25, 0.3) is 11.8 Å². The molecule has 29 heavy (non-hydrogen) atoms. The molecule has 0 radical (unpaired) electrons. The van der Waals surface area contributed by atoms with Crippen molar-refractivity contribution in [3.05, 3.63) is 76.8 Å². The Morgan fingerprint density at radius 2 is 2.00 bits per heavy atom. The fourth-order valence-corrected chi connectivity index (χ4v) is 4.39. The Hall–Kier alpha value is -3.03. The monoisotopic (exact) mass is 419 g/mol. The first-order valence-corrected chi connectivity index (χ1v) is 10.3. The zero-order chi connectivity index (χ0) is 20.4. The number of fused-ring (bicyclic) bond motifs is 1. The molecule has 1 saturated heterocycles. The Bertz CT molecular complexity index is 1160. The Labute approximate surface area is 177 Å². The molecule has 1 aliphatic rings. The molecule has 1 N–H and O–H groups in total. The summed E-state index contributed by atoms with van der Waals surface area (Å²) in [7, 11) is 0. The summed E-state index contributed by atoms with van der Waals surface area (Å²) in [6.07, 6.45) is 3.54. The van der Waals surface area contributed by atoms with Crippen molar-refractivity contribution in [2.45, 2.75) is 6.92 Å². The van der Waals surface area contributed by atoms with Gasteiger partial charge in [-0.05, 0) is 55.0 Å². The lowest BCUT2D eigenvalue weighted by molar-refractivity contribution is -0.121. The second kappa shape index (κ2) is 8.14. The number of aromatic nitrogens is 1. The number of hydrogen-bond donors (Lipinski definition) is 1. The molecule has 0 bridgehead atoms. The molecule has 0 spiro atoms. The standard InChI is InChI=1S/C22H17N3O2S2/c1-2-25-21(27)19(29-22(25)28)12-14-5-8-17(9-6-14)24-20(26)16-7-10-18-15(13-16)4-3-11-23-18/h3-13H,2H2,1H3,(H,24,26). The van der Waals surface area contributed by atoms with Gasteiger partial charge in [-0.2, -0.15) is 0 Å². The third-order valence-corrected chi connectivity index (χ3v) is 5.90. The van der Waals surface area contributed by atoms with E-state index < -0.39 is 0 Å². The van der Waals surface area contributed by atoms with Gasteiger partial charge in [0.15, 0.2) is 0 Å². The summed E-state index contributed by atoms with van der Waals surface area (Å²) in [5.74, 6) is -0.252. The highest BCUT2D eigenvalue weighted by molar-refractivity contribution is 8.26. The number of hydrogen-bond acceptors (Lipinski definition) is 5. The first-order valence-electron chi connectivity index (χ1n) is 9.07. The van der Waals surface area contributed by atoms with Crippen LogP contribution in [0.15, 0.2) is 65.7 Å². The quantitative estimate of drug-likeness (QED) is 0.490. The van der Waals surface area contributed by atoms with E-state index in [1.54, 1.807) is 17.2 Å². The summed E-state index contributed by atoms with van der Waals surface area (Å²) < 4.78 is 0.582. The Kier molecular flexibility index (Phi) is 5.42. The van der Waals surface area contributed by atoms with Crippen LogP contribution in [0.4, 0.5) is 5.69 Å². The summed E-state index contributed by atoms with van der Waals surface area (Å²) in [4.78, 5) is 31.3. The SMILES string of the molecule is CCN1C(=O)C(=Cc2ccc(NC(=O)c3ccc4ncccc4c3)cc2)SC1=S. The van der Waals surface area contributed by atoms with E-state index in [1.165, 1.54) is 11.8 Å². The highest BCUT2D eigenvalue weighted by atomic mass is 32.2. The van der Waals surface area contributed by atoms with Crippen molar-refractivity contribution in [2.75, 3.05) is 11.9 Å². The third kappa shape index (κ3) is 4.06. The van der Waals surface area contributed by atoms with Crippen LogP contribution in [0, 0.1) is 0 Å². The molecular weight excluding hydrogens is 402 g/mol. The van der Waals surface area contributed by atoms with Gasteiger partial charge < -0.3 is 5.32 Å². The molecular formula is C22H17N3O2S2. The molecule has 0 unspecified atom stereocenters. The van der Waals surface area contributed by atoms with Gasteiger partial charge >= 0.3 is 0 Å². The summed E-state index contributed by atoms with van der Waals surface area (Å²) >= 11 is 6.54. The normalized spacial score (nSPS) is 15.3. The molecule has 0 aliphatic carbocycles. The molecule has 5 nitrogen and oxygen atoms in total. The second-order valence-corrected chi connectivity index (χ2v) is 8.09. The van der Waals surface area contributed by atoms with E-state index in [4.69, 9.17) is 12.2 Å². The molecule has 1 aliphatic heterocycles. The number of carbonyl (C=O) groups excluding carboxylic acids is 2. The van der Waals surface area contributed by atoms with E-state index in [9.17, 15) is 9.59 Å². The van der Waals surface area contributed by atoms with E-state index in [0.717, 1.165) is 16.5 Å². The summed E-state index contributed by atoms with van der Waals surface area (Å²) in [6.45, 7) is 2.47. The van der Waals surface area contributed by atoms with Gasteiger partial charge in [-0.1, -0.05) is 42.2 Å². The number of rotatable bonds is 4. The predicted molar refractivity (Wildman–Crippen MR) is 122 cm³/mol. The van der Waals surface area contributed by atoms with Gasteiger partial charge in [0.1, 0.15) is 4.32 Å². The van der Waals surface area contributed by atoms with Gasteiger partial charge in [0.2, 0.25) is 0 Å².